The molecule has 0 saturated carbocycles. The van der Waals surface area contributed by atoms with Crippen molar-refractivity contribution >= 4 is 53.5 Å². The van der Waals surface area contributed by atoms with Gasteiger partial charge in [-0.2, -0.15) is 0 Å². The summed E-state index contributed by atoms with van der Waals surface area (Å²) in [5, 5.41) is 3.03. The molecule has 1 aromatic carbocycles. The molecule has 0 unspecified atom stereocenters. The van der Waals surface area contributed by atoms with Crippen molar-refractivity contribution in [1.29, 1.82) is 0 Å². The molecule has 0 fully saturated rings. The minimum atomic E-state index is 0.672. The van der Waals surface area contributed by atoms with Crippen LogP contribution in [0.1, 0.15) is 17.5 Å². The van der Waals surface area contributed by atoms with Gasteiger partial charge in [0.15, 0.2) is 0 Å². The zero-order chi connectivity index (χ0) is 17.2. The molecule has 0 aliphatic carbocycles. The number of ether oxygens (including phenoxy) is 1. The summed E-state index contributed by atoms with van der Waals surface area (Å²) in [4.78, 5) is 9.10. The number of thiazole rings is 1. The molecule has 3 aromatic rings. The van der Waals surface area contributed by atoms with E-state index >= 15 is 0 Å². The number of nitrogens with zero attached hydrogens (tertiary/aromatic N) is 2. The average molecular weight is 473 g/mol. The summed E-state index contributed by atoms with van der Waals surface area (Å²) >= 11 is 7.67. The Kier molecular flexibility index (Phi) is 5.07. The third-order valence-electron chi connectivity index (χ3n) is 4.09. The number of allylic oxidation sites excluding steroid dienone is 2. The first-order valence-electron chi connectivity index (χ1n) is 7.91. The summed E-state index contributed by atoms with van der Waals surface area (Å²) < 4.78 is 7.20. The van der Waals surface area contributed by atoms with Crippen molar-refractivity contribution in [2.45, 2.75) is 12.8 Å². The molecule has 0 amide bonds. The van der Waals surface area contributed by atoms with Crippen molar-refractivity contribution in [1.82, 2.24) is 9.97 Å². The number of benzene rings is 1. The van der Waals surface area contributed by atoms with Gasteiger partial charge in [-0.3, -0.25) is 0 Å². The second-order valence-electron chi connectivity index (χ2n) is 5.64. The van der Waals surface area contributed by atoms with E-state index in [2.05, 4.69) is 66.3 Å². The summed E-state index contributed by atoms with van der Waals surface area (Å²) in [6.07, 6.45) is 5.82. The number of halogens is 1. The van der Waals surface area contributed by atoms with Crippen LogP contribution in [0.25, 0.3) is 16.8 Å². The van der Waals surface area contributed by atoms with E-state index in [0.717, 1.165) is 44.5 Å². The van der Waals surface area contributed by atoms with Crippen LogP contribution in [-0.2, 0) is 6.42 Å². The number of pyridine rings is 1. The van der Waals surface area contributed by atoms with Gasteiger partial charge >= 0.3 is 168 Å². The molecule has 1 aliphatic heterocycles. The molecular weight excluding hydrogens is 459 g/mol. The number of hydrogen-bond donors (Lipinski definition) is 0. The normalized spacial score (nSPS) is 14.6. The number of aromatic nitrogens is 2. The third kappa shape index (κ3) is 3.46. The first kappa shape index (κ1) is 17.0. The van der Waals surface area contributed by atoms with Crippen LogP contribution < -0.4 is 8.53 Å². The van der Waals surface area contributed by atoms with Crippen molar-refractivity contribution in [3.63, 3.8) is 0 Å². The summed E-state index contributed by atoms with van der Waals surface area (Å²) in [7, 11) is 0. The van der Waals surface area contributed by atoms with Crippen LogP contribution in [0.5, 0.6) is 11.6 Å². The molecule has 2 aromatic heterocycles. The van der Waals surface area contributed by atoms with Crippen molar-refractivity contribution in [3.05, 3.63) is 59.1 Å². The van der Waals surface area contributed by atoms with Gasteiger partial charge in [-0.1, -0.05) is 0 Å². The monoisotopic (exact) mass is 472 g/mol. The van der Waals surface area contributed by atoms with E-state index in [1.54, 1.807) is 17.5 Å². The molecular formula is C19H14AsBrN2OS. The van der Waals surface area contributed by atoms with Gasteiger partial charge in [0.2, 0.25) is 0 Å². The summed E-state index contributed by atoms with van der Waals surface area (Å²) in [5.41, 5.74) is 5.61. The Bertz CT molecular complexity index is 954. The molecule has 0 saturated heterocycles. The molecule has 124 valence electrons. The fourth-order valence-electron chi connectivity index (χ4n) is 2.99. The fraction of sp³-hybridized carbons (Fsp3) is 0.158. The van der Waals surface area contributed by atoms with Crippen LogP contribution >= 0.6 is 27.3 Å². The Balaban J connectivity index is 1.88. The van der Waals surface area contributed by atoms with E-state index in [9.17, 15) is 0 Å². The van der Waals surface area contributed by atoms with Crippen LogP contribution in [0.15, 0.2) is 48.0 Å². The van der Waals surface area contributed by atoms with Gasteiger partial charge < -0.3 is 0 Å². The van der Waals surface area contributed by atoms with Crippen LogP contribution in [0.2, 0.25) is 0 Å². The number of hydrogen-bond acceptors (Lipinski definition) is 4. The van der Waals surface area contributed by atoms with Gasteiger partial charge in [0.1, 0.15) is 0 Å². The second kappa shape index (κ2) is 7.44. The van der Waals surface area contributed by atoms with E-state index in [1.807, 2.05) is 18.2 Å². The zero-order valence-corrected chi connectivity index (χ0v) is 17.6. The van der Waals surface area contributed by atoms with Crippen LogP contribution in [0.3, 0.4) is 0 Å². The molecule has 3 heterocycles. The summed E-state index contributed by atoms with van der Waals surface area (Å²) in [6, 6.07) is 10.2. The van der Waals surface area contributed by atoms with Crippen LogP contribution in [0, 0.1) is 0 Å². The van der Waals surface area contributed by atoms with Gasteiger partial charge in [0.25, 0.3) is 0 Å². The summed E-state index contributed by atoms with van der Waals surface area (Å²) in [5.74, 6) is 1.53. The van der Waals surface area contributed by atoms with Gasteiger partial charge in [0.05, 0.1) is 0 Å². The van der Waals surface area contributed by atoms with Crippen molar-refractivity contribution in [2.24, 2.45) is 0 Å². The Morgan fingerprint density at radius 3 is 2.92 bits per heavy atom. The predicted octanol–water partition coefficient (Wildman–Crippen LogP) is 4.52. The van der Waals surface area contributed by atoms with Gasteiger partial charge in [-0.25, -0.2) is 0 Å². The van der Waals surface area contributed by atoms with Crippen molar-refractivity contribution in [3.8, 4) is 22.9 Å². The molecule has 1 aliphatic rings. The van der Waals surface area contributed by atoms with Gasteiger partial charge in [0, 0.05) is 0 Å². The summed E-state index contributed by atoms with van der Waals surface area (Å²) in [6.45, 7) is 0. The van der Waals surface area contributed by atoms with E-state index in [0.29, 0.717) is 5.88 Å². The van der Waals surface area contributed by atoms with Crippen molar-refractivity contribution < 1.29 is 4.74 Å². The predicted molar refractivity (Wildman–Crippen MR) is 107 cm³/mol. The average Bonchev–Trinajstić information content (AvgIpc) is 2.98. The molecule has 2 radical (unpaired) electrons. The third-order valence-corrected chi connectivity index (χ3v) is 6.07. The SMILES string of the molecule is [As]c1nc(-c2cccc3c2C/C(=C\CCBr)c2cccnc2O3)cs1. The van der Waals surface area contributed by atoms with Gasteiger partial charge in [-0.15, -0.1) is 0 Å². The van der Waals surface area contributed by atoms with E-state index in [-0.39, 0.29) is 0 Å². The van der Waals surface area contributed by atoms with E-state index < -0.39 is 0 Å². The number of fused-ring (bicyclic) bond motifs is 2. The molecule has 4 rings (SSSR count). The van der Waals surface area contributed by atoms with Crippen LogP contribution in [-0.4, -0.2) is 32.2 Å². The quantitative estimate of drug-likeness (QED) is 0.415. The second-order valence-corrected chi connectivity index (χ2v) is 8.84. The van der Waals surface area contributed by atoms with E-state index in [1.165, 1.54) is 11.1 Å². The molecule has 0 atom stereocenters. The minimum absolute atomic E-state index is 0.672. The standard InChI is InChI=1S/C19H14AsBrN2OS/c20-19-23-16(11-25-19)14-5-1-7-17-15(14)10-12(4-2-8-21)13-6-3-9-22-18(13)24-17/h1,3-7,9,11H,2,8,10H2/b12-4+. The maximum absolute atomic E-state index is 6.19. The van der Waals surface area contributed by atoms with Crippen LogP contribution in [0.4, 0.5) is 0 Å². The molecule has 6 heteroatoms. The number of rotatable bonds is 3. The Morgan fingerprint density at radius 2 is 2.12 bits per heavy atom. The Hall–Kier alpha value is -1.42. The molecule has 0 spiro atoms. The first-order chi connectivity index (χ1) is 12.3. The number of alkyl halides is 1. The molecule has 0 N–H and O–H groups in total. The van der Waals surface area contributed by atoms with Gasteiger partial charge in [-0.05, 0) is 0 Å². The Labute approximate surface area is 167 Å². The Morgan fingerprint density at radius 1 is 1.24 bits per heavy atom. The fourth-order valence-corrected chi connectivity index (χ4v) is 4.32. The molecule has 3 nitrogen and oxygen atoms in total. The van der Waals surface area contributed by atoms with E-state index in [4.69, 9.17) is 4.74 Å². The maximum atomic E-state index is 6.19. The zero-order valence-electron chi connectivity index (χ0n) is 13.3. The molecule has 25 heavy (non-hydrogen) atoms. The molecule has 0 bridgehead atoms. The topological polar surface area (TPSA) is 35.0 Å². The van der Waals surface area contributed by atoms with Crippen molar-refractivity contribution in [2.75, 3.05) is 5.33 Å². The first-order valence-corrected chi connectivity index (χ1v) is 10.8.